The second-order valence-corrected chi connectivity index (χ2v) is 7.18. The van der Waals surface area contributed by atoms with Gasteiger partial charge in [0, 0.05) is 6.54 Å². The zero-order chi connectivity index (χ0) is 14.4. The van der Waals surface area contributed by atoms with Gasteiger partial charge >= 0.3 is 6.09 Å². The second-order valence-electron chi connectivity index (χ2n) is 6.08. The van der Waals surface area contributed by atoms with E-state index in [0.717, 1.165) is 11.3 Å². The molecule has 4 heteroatoms. The highest BCUT2D eigenvalue weighted by Gasteiger charge is 2.34. The van der Waals surface area contributed by atoms with Crippen molar-refractivity contribution in [2.24, 2.45) is 0 Å². The minimum atomic E-state index is -0.472. The zero-order valence-corrected chi connectivity index (χ0v) is 13.7. The lowest BCUT2D eigenvalue weighted by molar-refractivity contribution is 0.0583. The summed E-state index contributed by atoms with van der Waals surface area (Å²) in [5.41, 5.74) is 4.01. The molecule has 0 spiro atoms. The third-order valence-corrected chi connectivity index (χ3v) is 3.82. The number of amides is 1. The van der Waals surface area contributed by atoms with Gasteiger partial charge in [0.2, 0.25) is 0 Å². The maximum atomic E-state index is 12.3. The predicted molar refractivity (Wildman–Crippen MR) is 81.2 cm³/mol. The highest BCUT2D eigenvalue weighted by Crippen LogP contribution is 2.43. The number of carbonyl (C=O) groups excluding carboxylic acids is 1. The van der Waals surface area contributed by atoms with Crippen LogP contribution >= 0.6 is 15.9 Å². The van der Waals surface area contributed by atoms with Crippen LogP contribution in [0.3, 0.4) is 0 Å². The van der Waals surface area contributed by atoms with Crippen molar-refractivity contribution in [3.05, 3.63) is 28.8 Å². The third-order valence-electron chi connectivity index (χ3n) is 3.04. The Morgan fingerprint density at radius 1 is 1.37 bits per heavy atom. The molecule has 0 bridgehead atoms. The van der Waals surface area contributed by atoms with E-state index in [2.05, 4.69) is 35.0 Å². The number of hydrogen-bond acceptors (Lipinski definition) is 2. The fourth-order valence-electron chi connectivity index (χ4n) is 2.43. The van der Waals surface area contributed by atoms with Gasteiger partial charge < -0.3 is 4.74 Å². The molecule has 0 saturated carbocycles. The summed E-state index contributed by atoms with van der Waals surface area (Å²) in [6.45, 7) is 10.4. The highest BCUT2D eigenvalue weighted by atomic mass is 79.9. The van der Waals surface area contributed by atoms with Gasteiger partial charge in [-0.15, -0.1) is 0 Å². The molecule has 1 heterocycles. The van der Waals surface area contributed by atoms with E-state index in [9.17, 15) is 4.79 Å². The summed E-state index contributed by atoms with van der Waals surface area (Å²) in [5.74, 6) is 0. The van der Waals surface area contributed by atoms with Crippen LogP contribution in [0.1, 0.15) is 42.3 Å². The monoisotopic (exact) mass is 325 g/mol. The summed E-state index contributed by atoms with van der Waals surface area (Å²) < 4.78 is 5.48. The van der Waals surface area contributed by atoms with Gasteiger partial charge in [0.15, 0.2) is 0 Å². The lowest BCUT2D eigenvalue weighted by atomic mass is 10.0. The van der Waals surface area contributed by atoms with Crippen molar-refractivity contribution in [1.29, 1.82) is 0 Å². The van der Waals surface area contributed by atoms with Crippen LogP contribution in [0.2, 0.25) is 0 Å². The Labute approximate surface area is 123 Å². The van der Waals surface area contributed by atoms with Crippen molar-refractivity contribution in [3.8, 4) is 0 Å². The van der Waals surface area contributed by atoms with Gasteiger partial charge in [-0.25, -0.2) is 4.79 Å². The van der Waals surface area contributed by atoms with Crippen molar-refractivity contribution in [2.75, 3.05) is 11.4 Å². The Kier molecular flexibility index (Phi) is 3.65. The molecule has 1 aliphatic rings. The first-order valence-electron chi connectivity index (χ1n) is 6.45. The minimum Gasteiger partial charge on any atom is -0.443 e. The molecule has 0 aliphatic carbocycles. The maximum absolute atomic E-state index is 12.3. The summed E-state index contributed by atoms with van der Waals surface area (Å²) in [6.07, 6.45) is -0.275. The lowest BCUT2D eigenvalue weighted by Crippen LogP contribution is -2.36. The topological polar surface area (TPSA) is 29.5 Å². The number of fused-ring (bicyclic) bond motifs is 1. The first kappa shape index (κ1) is 14.4. The van der Waals surface area contributed by atoms with Gasteiger partial charge in [0.1, 0.15) is 5.60 Å². The number of carbonyl (C=O) groups is 1. The molecule has 1 amide bonds. The summed E-state index contributed by atoms with van der Waals surface area (Å²) in [4.78, 5) is 14.2. The molecule has 0 aromatic heterocycles. The molecule has 1 aliphatic heterocycles. The van der Waals surface area contributed by atoms with Gasteiger partial charge in [-0.2, -0.15) is 0 Å². The molecule has 0 radical (unpaired) electrons. The molecule has 0 N–H and O–H groups in total. The summed E-state index contributed by atoms with van der Waals surface area (Å²) in [5, 5.41) is 0. The van der Waals surface area contributed by atoms with Gasteiger partial charge in [-0.05, 0) is 45.7 Å². The Morgan fingerprint density at radius 2 is 2.00 bits per heavy atom. The van der Waals surface area contributed by atoms with E-state index in [1.54, 1.807) is 4.90 Å². The number of benzene rings is 1. The Bertz CT molecular complexity index is 520. The van der Waals surface area contributed by atoms with Crippen LogP contribution in [0, 0.1) is 13.8 Å². The van der Waals surface area contributed by atoms with Gasteiger partial charge in [0.05, 0.1) is 10.5 Å². The summed E-state index contributed by atoms with van der Waals surface area (Å²) in [6, 6.07) is 4.23. The van der Waals surface area contributed by atoms with Crippen molar-refractivity contribution in [2.45, 2.75) is 45.0 Å². The SMILES string of the molecule is Cc1cc(C)c2c(c1)C(Br)CN2C(=O)OC(C)(C)C. The van der Waals surface area contributed by atoms with Crippen LogP contribution < -0.4 is 4.90 Å². The second kappa shape index (κ2) is 4.82. The Hall–Kier alpha value is -1.03. The lowest BCUT2D eigenvalue weighted by Gasteiger charge is -2.25. The first-order valence-corrected chi connectivity index (χ1v) is 7.36. The number of nitrogens with zero attached hydrogens (tertiary/aromatic N) is 1. The van der Waals surface area contributed by atoms with Crippen molar-refractivity contribution in [1.82, 2.24) is 0 Å². The van der Waals surface area contributed by atoms with Crippen LogP contribution in [0.25, 0.3) is 0 Å². The van der Waals surface area contributed by atoms with Crippen LogP contribution in [-0.4, -0.2) is 18.2 Å². The number of aryl methyl sites for hydroxylation is 2. The van der Waals surface area contributed by atoms with E-state index in [-0.39, 0.29) is 10.9 Å². The fourth-order valence-corrected chi connectivity index (χ4v) is 3.07. The van der Waals surface area contributed by atoms with Crippen LogP contribution in [0.4, 0.5) is 10.5 Å². The molecule has 104 valence electrons. The van der Waals surface area contributed by atoms with Crippen LogP contribution in [0.15, 0.2) is 12.1 Å². The summed E-state index contributed by atoms with van der Waals surface area (Å²) in [7, 11) is 0. The number of hydrogen-bond donors (Lipinski definition) is 0. The molecule has 1 aromatic rings. The standard InChI is InChI=1S/C15H20BrNO2/c1-9-6-10(2)13-11(7-9)12(16)8-17(13)14(18)19-15(3,4)5/h6-7,12H,8H2,1-5H3. The van der Waals surface area contributed by atoms with Gasteiger partial charge in [-0.3, -0.25) is 4.90 Å². The molecule has 2 rings (SSSR count). The average molecular weight is 326 g/mol. The number of halogens is 1. The van der Waals surface area contributed by atoms with Crippen molar-refractivity contribution < 1.29 is 9.53 Å². The van der Waals surface area contributed by atoms with Crippen LogP contribution in [0.5, 0.6) is 0 Å². The zero-order valence-electron chi connectivity index (χ0n) is 12.1. The van der Waals surface area contributed by atoms with E-state index in [4.69, 9.17) is 4.74 Å². The molecule has 3 nitrogen and oxygen atoms in total. The van der Waals surface area contributed by atoms with Crippen molar-refractivity contribution in [3.63, 3.8) is 0 Å². The molecule has 0 fully saturated rings. The molecule has 19 heavy (non-hydrogen) atoms. The smallest absolute Gasteiger partial charge is 0.414 e. The third kappa shape index (κ3) is 2.94. The fraction of sp³-hybridized carbons (Fsp3) is 0.533. The van der Waals surface area contributed by atoms with E-state index in [0.29, 0.717) is 6.54 Å². The molecular formula is C15H20BrNO2. The van der Waals surface area contributed by atoms with Gasteiger partial charge in [0.25, 0.3) is 0 Å². The Morgan fingerprint density at radius 3 is 2.58 bits per heavy atom. The quantitative estimate of drug-likeness (QED) is 0.657. The number of rotatable bonds is 0. The predicted octanol–water partition coefficient (Wildman–Crippen LogP) is 4.49. The Balaban J connectivity index is 2.37. The maximum Gasteiger partial charge on any atom is 0.414 e. The van der Waals surface area contributed by atoms with Crippen LogP contribution in [-0.2, 0) is 4.74 Å². The van der Waals surface area contributed by atoms with Crippen molar-refractivity contribution >= 4 is 27.7 Å². The largest absolute Gasteiger partial charge is 0.443 e. The molecule has 0 saturated heterocycles. The molecular weight excluding hydrogens is 306 g/mol. The number of alkyl halides is 1. The normalized spacial score (nSPS) is 18.4. The summed E-state index contributed by atoms with van der Waals surface area (Å²) >= 11 is 3.64. The number of anilines is 1. The van der Waals surface area contributed by atoms with Gasteiger partial charge in [-0.1, -0.05) is 33.6 Å². The highest BCUT2D eigenvalue weighted by molar-refractivity contribution is 9.09. The molecule has 1 unspecified atom stereocenters. The van der Waals surface area contributed by atoms with E-state index >= 15 is 0 Å². The van der Waals surface area contributed by atoms with E-state index in [1.807, 2.05) is 27.7 Å². The molecule has 1 aromatic carbocycles. The number of ether oxygens (including phenoxy) is 1. The van der Waals surface area contributed by atoms with E-state index < -0.39 is 5.60 Å². The average Bonchev–Trinajstić information content (AvgIpc) is 2.54. The first-order chi connectivity index (χ1) is 8.69. The minimum absolute atomic E-state index is 0.175. The van der Waals surface area contributed by atoms with E-state index in [1.165, 1.54) is 11.1 Å². The molecule has 1 atom stereocenters.